The van der Waals surface area contributed by atoms with Gasteiger partial charge in [-0.1, -0.05) is 17.7 Å². The third-order valence-corrected chi connectivity index (χ3v) is 3.23. The summed E-state index contributed by atoms with van der Waals surface area (Å²) in [6.07, 6.45) is 0. The summed E-state index contributed by atoms with van der Waals surface area (Å²) in [4.78, 5) is 12.1. The Kier molecular flexibility index (Phi) is 3.95. The second kappa shape index (κ2) is 5.51. The van der Waals surface area contributed by atoms with Gasteiger partial charge in [-0.05, 0) is 49.2 Å². The second-order valence-corrected chi connectivity index (χ2v) is 5.04. The lowest BCUT2D eigenvalue weighted by Gasteiger charge is -2.12. The molecule has 0 fully saturated rings. The summed E-state index contributed by atoms with van der Waals surface area (Å²) in [7, 11) is 0. The first-order chi connectivity index (χ1) is 9.38. The lowest BCUT2D eigenvalue weighted by molar-refractivity contribution is 0.102. The summed E-state index contributed by atoms with van der Waals surface area (Å²) < 4.78 is 13.1. The van der Waals surface area contributed by atoms with E-state index in [-0.39, 0.29) is 17.2 Å². The Labute approximate surface area is 121 Å². The first-order valence-corrected chi connectivity index (χ1v) is 6.39. The Hall–Kier alpha value is -2.07. The second-order valence-electron chi connectivity index (χ2n) is 4.63. The van der Waals surface area contributed by atoms with Crippen LogP contribution in [0, 0.1) is 19.7 Å². The van der Waals surface area contributed by atoms with Gasteiger partial charge in [0.05, 0.1) is 16.4 Å². The number of carbonyl (C=O) groups excluding carboxylic acids is 1. The van der Waals surface area contributed by atoms with Crippen LogP contribution in [0.5, 0.6) is 0 Å². The normalized spacial score (nSPS) is 10.4. The van der Waals surface area contributed by atoms with Crippen LogP contribution < -0.4 is 11.1 Å². The maximum atomic E-state index is 13.1. The molecule has 0 atom stereocenters. The van der Waals surface area contributed by atoms with E-state index in [1.165, 1.54) is 12.1 Å². The highest BCUT2D eigenvalue weighted by molar-refractivity contribution is 6.34. The maximum Gasteiger partial charge on any atom is 0.255 e. The SMILES string of the molecule is Cc1cc(C)c(NC(=O)c2ccc(F)c(N)c2)c(Cl)c1. The summed E-state index contributed by atoms with van der Waals surface area (Å²) in [5.41, 5.74) is 8.08. The van der Waals surface area contributed by atoms with Gasteiger partial charge in [-0.25, -0.2) is 4.39 Å². The zero-order valence-electron chi connectivity index (χ0n) is 11.1. The zero-order chi connectivity index (χ0) is 14.9. The number of aryl methyl sites for hydroxylation is 2. The molecule has 0 aliphatic rings. The molecule has 0 heterocycles. The number of halogens is 2. The van der Waals surface area contributed by atoms with Gasteiger partial charge < -0.3 is 11.1 Å². The van der Waals surface area contributed by atoms with Gasteiger partial charge in [-0.3, -0.25) is 4.79 Å². The lowest BCUT2D eigenvalue weighted by atomic mass is 10.1. The van der Waals surface area contributed by atoms with Crippen molar-refractivity contribution in [3.63, 3.8) is 0 Å². The van der Waals surface area contributed by atoms with E-state index in [1.807, 2.05) is 19.9 Å². The van der Waals surface area contributed by atoms with E-state index in [1.54, 1.807) is 6.07 Å². The Morgan fingerprint density at radius 2 is 1.95 bits per heavy atom. The van der Waals surface area contributed by atoms with Crippen LogP contribution in [-0.4, -0.2) is 5.91 Å². The van der Waals surface area contributed by atoms with Crippen LogP contribution in [0.1, 0.15) is 21.5 Å². The monoisotopic (exact) mass is 292 g/mol. The van der Waals surface area contributed by atoms with Gasteiger partial charge in [0.25, 0.3) is 5.91 Å². The van der Waals surface area contributed by atoms with E-state index in [0.717, 1.165) is 17.2 Å². The molecule has 0 aromatic heterocycles. The largest absolute Gasteiger partial charge is 0.396 e. The van der Waals surface area contributed by atoms with Crippen molar-refractivity contribution in [2.75, 3.05) is 11.1 Å². The third kappa shape index (κ3) is 2.91. The molecule has 2 aromatic rings. The minimum absolute atomic E-state index is 0.0654. The molecule has 20 heavy (non-hydrogen) atoms. The Bertz CT molecular complexity index is 663. The quantitative estimate of drug-likeness (QED) is 0.824. The van der Waals surface area contributed by atoms with Crippen LogP contribution in [0.25, 0.3) is 0 Å². The van der Waals surface area contributed by atoms with Crippen LogP contribution >= 0.6 is 11.6 Å². The minimum Gasteiger partial charge on any atom is -0.396 e. The highest BCUT2D eigenvalue weighted by Crippen LogP contribution is 2.28. The van der Waals surface area contributed by atoms with E-state index in [9.17, 15) is 9.18 Å². The van der Waals surface area contributed by atoms with Gasteiger partial charge in [-0.15, -0.1) is 0 Å². The first kappa shape index (κ1) is 14.3. The average molecular weight is 293 g/mol. The summed E-state index contributed by atoms with van der Waals surface area (Å²) >= 11 is 6.12. The summed E-state index contributed by atoms with van der Waals surface area (Å²) in [5.74, 6) is -0.934. The Balaban J connectivity index is 2.30. The summed E-state index contributed by atoms with van der Waals surface area (Å²) in [6.45, 7) is 3.78. The van der Waals surface area contributed by atoms with Gasteiger partial charge in [0.15, 0.2) is 0 Å². The predicted molar refractivity (Wildman–Crippen MR) is 79.7 cm³/mol. The molecule has 1 amide bonds. The van der Waals surface area contributed by atoms with Crippen molar-refractivity contribution in [2.24, 2.45) is 0 Å². The number of hydrogen-bond donors (Lipinski definition) is 2. The molecular formula is C15H14ClFN2O. The molecule has 2 aromatic carbocycles. The smallest absolute Gasteiger partial charge is 0.255 e. The maximum absolute atomic E-state index is 13.1. The number of benzene rings is 2. The van der Waals surface area contributed by atoms with Crippen molar-refractivity contribution in [1.82, 2.24) is 0 Å². The number of nitrogen functional groups attached to an aromatic ring is 1. The van der Waals surface area contributed by atoms with Gasteiger partial charge in [0.1, 0.15) is 5.82 Å². The highest BCUT2D eigenvalue weighted by Gasteiger charge is 2.12. The number of anilines is 2. The van der Waals surface area contributed by atoms with E-state index in [4.69, 9.17) is 17.3 Å². The molecule has 3 N–H and O–H groups in total. The number of nitrogens with two attached hydrogens (primary N) is 1. The Morgan fingerprint density at radius 3 is 2.55 bits per heavy atom. The number of hydrogen-bond acceptors (Lipinski definition) is 2. The molecule has 0 unspecified atom stereocenters. The third-order valence-electron chi connectivity index (χ3n) is 2.93. The van der Waals surface area contributed by atoms with Gasteiger partial charge in [0, 0.05) is 5.56 Å². The van der Waals surface area contributed by atoms with Crippen molar-refractivity contribution in [1.29, 1.82) is 0 Å². The van der Waals surface area contributed by atoms with Crippen molar-refractivity contribution in [2.45, 2.75) is 13.8 Å². The molecule has 0 spiro atoms. The molecule has 3 nitrogen and oxygen atoms in total. The summed E-state index contributed by atoms with van der Waals surface area (Å²) in [5, 5.41) is 3.18. The molecule has 0 radical (unpaired) electrons. The fourth-order valence-electron chi connectivity index (χ4n) is 1.94. The van der Waals surface area contributed by atoms with Crippen molar-refractivity contribution >= 4 is 28.9 Å². The molecule has 0 aliphatic carbocycles. The van der Waals surface area contributed by atoms with E-state index >= 15 is 0 Å². The topological polar surface area (TPSA) is 55.1 Å². The zero-order valence-corrected chi connectivity index (χ0v) is 11.9. The molecule has 0 aliphatic heterocycles. The van der Waals surface area contributed by atoms with Crippen molar-refractivity contribution in [3.8, 4) is 0 Å². The lowest BCUT2D eigenvalue weighted by Crippen LogP contribution is -2.14. The van der Waals surface area contributed by atoms with Crippen molar-refractivity contribution in [3.05, 3.63) is 57.9 Å². The predicted octanol–water partition coefficient (Wildman–Crippen LogP) is 3.93. The molecule has 0 bridgehead atoms. The van der Waals surface area contributed by atoms with Crippen LogP contribution in [-0.2, 0) is 0 Å². The molecule has 104 valence electrons. The fraction of sp³-hybridized carbons (Fsp3) is 0.133. The Morgan fingerprint density at radius 1 is 1.25 bits per heavy atom. The molecule has 0 saturated heterocycles. The molecule has 2 rings (SSSR count). The first-order valence-electron chi connectivity index (χ1n) is 6.01. The van der Waals surface area contributed by atoms with Crippen molar-refractivity contribution < 1.29 is 9.18 Å². The van der Waals surface area contributed by atoms with Crippen LogP contribution in [0.15, 0.2) is 30.3 Å². The van der Waals surface area contributed by atoms with E-state index in [2.05, 4.69) is 5.32 Å². The summed E-state index contributed by atoms with van der Waals surface area (Å²) in [6, 6.07) is 7.51. The van der Waals surface area contributed by atoms with Crippen LogP contribution in [0.2, 0.25) is 5.02 Å². The minimum atomic E-state index is -0.550. The molecular weight excluding hydrogens is 279 g/mol. The fourth-order valence-corrected chi connectivity index (χ4v) is 2.31. The number of rotatable bonds is 2. The van der Waals surface area contributed by atoms with Crippen LogP contribution in [0.4, 0.5) is 15.8 Å². The molecule has 0 saturated carbocycles. The number of carbonyl (C=O) groups is 1. The molecule has 5 heteroatoms. The van der Waals surface area contributed by atoms with Gasteiger partial charge in [0.2, 0.25) is 0 Å². The average Bonchev–Trinajstić information content (AvgIpc) is 2.36. The van der Waals surface area contributed by atoms with E-state index in [0.29, 0.717) is 10.7 Å². The van der Waals surface area contributed by atoms with E-state index < -0.39 is 5.82 Å². The van der Waals surface area contributed by atoms with Gasteiger partial charge >= 0.3 is 0 Å². The number of amides is 1. The number of nitrogens with one attached hydrogen (secondary N) is 1. The standard InChI is InChI=1S/C15H14ClFN2O/c1-8-5-9(2)14(11(16)6-8)19-15(20)10-3-4-12(17)13(18)7-10/h3-7H,18H2,1-2H3,(H,19,20). The highest BCUT2D eigenvalue weighted by atomic mass is 35.5. The van der Waals surface area contributed by atoms with Crippen LogP contribution in [0.3, 0.4) is 0 Å². The van der Waals surface area contributed by atoms with Gasteiger partial charge in [-0.2, -0.15) is 0 Å².